The Labute approximate surface area is 103 Å². The molecule has 1 aromatic carbocycles. The monoisotopic (exact) mass is 313 g/mol. The number of anilines is 1. The van der Waals surface area contributed by atoms with Crippen LogP contribution in [0.25, 0.3) is 0 Å². The van der Waals surface area contributed by atoms with Crippen LogP contribution in [-0.2, 0) is 13.6 Å². The van der Waals surface area contributed by atoms with E-state index in [1.807, 2.05) is 19.4 Å². The maximum atomic E-state index is 4.10. The number of rotatable bonds is 3. The summed E-state index contributed by atoms with van der Waals surface area (Å²) in [4.78, 5) is 0. The minimum atomic E-state index is 0.836. The Morgan fingerprint density at radius 2 is 2.07 bits per heavy atom. The zero-order valence-electron chi connectivity index (χ0n) is 8.44. The molecule has 2 aromatic rings. The SMILES string of the molecule is Cn1cc(NCc2ccc(I)cc2)cn1. The molecule has 0 aliphatic rings. The summed E-state index contributed by atoms with van der Waals surface area (Å²) in [7, 11) is 1.91. The third-order valence-corrected chi connectivity index (χ3v) is 2.83. The van der Waals surface area contributed by atoms with E-state index in [1.165, 1.54) is 9.13 Å². The predicted octanol–water partition coefficient (Wildman–Crippen LogP) is 2.64. The first-order chi connectivity index (χ1) is 7.24. The normalized spacial score (nSPS) is 10.3. The summed E-state index contributed by atoms with van der Waals surface area (Å²) in [5, 5.41) is 7.41. The van der Waals surface area contributed by atoms with Gasteiger partial charge in [-0.1, -0.05) is 12.1 Å². The molecule has 1 heterocycles. The molecule has 0 fully saturated rings. The van der Waals surface area contributed by atoms with Crippen LogP contribution in [0.3, 0.4) is 0 Å². The summed E-state index contributed by atoms with van der Waals surface area (Å²) in [5.41, 5.74) is 2.33. The maximum absolute atomic E-state index is 4.10. The fraction of sp³-hybridized carbons (Fsp3) is 0.182. The van der Waals surface area contributed by atoms with Crippen molar-refractivity contribution >= 4 is 28.3 Å². The largest absolute Gasteiger partial charge is 0.378 e. The highest BCUT2D eigenvalue weighted by Gasteiger charge is 1.95. The van der Waals surface area contributed by atoms with Crippen molar-refractivity contribution in [2.75, 3.05) is 5.32 Å². The minimum Gasteiger partial charge on any atom is -0.378 e. The van der Waals surface area contributed by atoms with Gasteiger partial charge in [0.25, 0.3) is 0 Å². The van der Waals surface area contributed by atoms with Crippen LogP contribution in [0.4, 0.5) is 5.69 Å². The molecule has 0 amide bonds. The van der Waals surface area contributed by atoms with Crippen molar-refractivity contribution in [2.45, 2.75) is 6.54 Å². The molecule has 78 valence electrons. The molecule has 3 nitrogen and oxygen atoms in total. The molecule has 1 N–H and O–H groups in total. The minimum absolute atomic E-state index is 0.836. The van der Waals surface area contributed by atoms with Gasteiger partial charge in [0.15, 0.2) is 0 Å². The summed E-state index contributed by atoms with van der Waals surface area (Å²) in [6, 6.07) is 8.48. The summed E-state index contributed by atoms with van der Waals surface area (Å²) >= 11 is 2.31. The number of hydrogen-bond acceptors (Lipinski definition) is 2. The second-order valence-corrected chi connectivity index (χ2v) is 4.63. The van der Waals surface area contributed by atoms with E-state index in [4.69, 9.17) is 0 Å². The highest BCUT2D eigenvalue weighted by molar-refractivity contribution is 14.1. The van der Waals surface area contributed by atoms with Crippen molar-refractivity contribution < 1.29 is 0 Å². The Bertz CT molecular complexity index is 433. The van der Waals surface area contributed by atoms with Crippen molar-refractivity contribution in [2.24, 2.45) is 7.05 Å². The third kappa shape index (κ3) is 2.95. The molecule has 2 rings (SSSR count). The fourth-order valence-electron chi connectivity index (χ4n) is 1.32. The number of halogens is 1. The fourth-order valence-corrected chi connectivity index (χ4v) is 1.68. The predicted molar refractivity (Wildman–Crippen MR) is 69.7 cm³/mol. The quantitative estimate of drug-likeness (QED) is 0.883. The number of hydrogen-bond donors (Lipinski definition) is 1. The average Bonchev–Trinajstić information content (AvgIpc) is 2.64. The van der Waals surface area contributed by atoms with E-state index < -0.39 is 0 Å². The highest BCUT2D eigenvalue weighted by atomic mass is 127. The number of aromatic nitrogens is 2. The molecule has 0 atom stereocenters. The number of nitrogens with one attached hydrogen (secondary N) is 1. The van der Waals surface area contributed by atoms with Crippen LogP contribution < -0.4 is 5.32 Å². The molecule has 0 aliphatic carbocycles. The maximum Gasteiger partial charge on any atom is 0.0729 e. The van der Waals surface area contributed by atoms with Gasteiger partial charge in [-0.25, -0.2) is 0 Å². The van der Waals surface area contributed by atoms with Crippen molar-refractivity contribution in [1.29, 1.82) is 0 Å². The van der Waals surface area contributed by atoms with Crippen molar-refractivity contribution in [3.05, 3.63) is 45.8 Å². The summed E-state index contributed by atoms with van der Waals surface area (Å²) in [6.45, 7) is 0.836. The van der Waals surface area contributed by atoms with Gasteiger partial charge in [-0.3, -0.25) is 4.68 Å². The molecular formula is C11H12IN3. The van der Waals surface area contributed by atoms with Crippen LogP contribution >= 0.6 is 22.6 Å². The Kier molecular flexibility index (Phi) is 3.25. The van der Waals surface area contributed by atoms with Gasteiger partial charge in [0.2, 0.25) is 0 Å². The van der Waals surface area contributed by atoms with Gasteiger partial charge in [-0.15, -0.1) is 0 Å². The van der Waals surface area contributed by atoms with Crippen LogP contribution in [-0.4, -0.2) is 9.78 Å². The van der Waals surface area contributed by atoms with Crippen LogP contribution in [0.15, 0.2) is 36.7 Å². The van der Waals surface area contributed by atoms with Gasteiger partial charge >= 0.3 is 0 Å². The average molecular weight is 313 g/mol. The molecule has 0 aliphatic heterocycles. The van der Waals surface area contributed by atoms with Crippen LogP contribution in [0.1, 0.15) is 5.56 Å². The number of aryl methyl sites for hydroxylation is 1. The lowest BCUT2D eigenvalue weighted by atomic mass is 10.2. The van der Waals surface area contributed by atoms with Crippen molar-refractivity contribution in [1.82, 2.24) is 9.78 Å². The van der Waals surface area contributed by atoms with E-state index >= 15 is 0 Å². The van der Waals surface area contributed by atoms with Gasteiger partial charge in [-0.2, -0.15) is 5.10 Å². The molecule has 15 heavy (non-hydrogen) atoms. The molecule has 0 radical (unpaired) electrons. The second kappa shape index (κ2) is 4.65. The van der Waals surface area contributed by atoms with Gasteiger partial charge in [-0.05, 0) is 40.3 Å². The van der Waals surface area contributed by atoms with Crippen LogP contribution in [0.5, 0.6) is 0 Å². The first-order valence-electron chi connectivity index (χ1n) is 4.71. The molecule has 4 heteroatoms. The third-order valence-electron chi connectivity index (χ3n) is 2.11. The Morgan fingerprint density at radius 1 is 1.33 bits per heavy atom. The molecule has 0 saturated heterocycles. The van der Waals surface area contributed by atoms with Crippen molar-refractivity contribution in [3.63, 3.8) is 0 Å². The van der Waals surface area contributed by atoms with Crippen LogP contribution in [0, 0.1) is 3.57 Å². The molecule has 0 saturated carbocycles. The summed E-state index contributed by atoms with van der Waals surface area (Å²) < 4.78 is 3.05. The number of benzene rings is 1. The first-order valence-corrected chi connectivity index (χ1v) is 5.79. The second-order valence-electron chi connectivity index (χ2n) is 3.38. The van der Waals surface area contributed by atoms with Crippen molar-refractivity contribution in [3.8, 4) is 0 Å². The van der Waals surface area contributed by atoms with E-state index in [0.29, 0.717) is 0 Å². The van der Waals surface area contributed by atoms with Gasteiger partial charge < -0.3 is 5.32 Å². The molecule has 1 aromatic heterocycles. The lowest BCUT2D eigenvalue weighted by molar-refractivity contribution is 0.768. The van der Waals surface area contributed by atoms with Gasteiger partial charge in [0.05, 0.1) is 11.9 Å². The Balaban J connectivity index is 1.96. The summed E-state index contributed by atoms with van der Waals surface area (Å²) in [6.07, 6.45) is 3.79. The lowest BCUT2D eigenvalue weighted by Gasteiger charge is -2.03. The zero-order chi connectivity index (χ0) is 10.7. The molecule has 0 spiro atoms. The standard InChI is InChI=1S/C11H12IN3/c1-15-8-11(7-14-15)13-6-9-2-4-10(12)5-3-9/h2-5,7-8,13H,6H2,1H3. The van der Waals surface area contributed by atoms with E-state index in [-0.39, 0.29) is 0 Å². The zero-order valence-corrected chi connectivity index (χ0v) is 10.6. The van der Waals surface area contributed by atoms with E-state index in [9.17, 15) is 0 Å². The Hall–Kier alpha value is -1.04. The smallest absolute Gasteiger partial charge is 0.0729 e. The van der Waals surface area contributed by atoms with Gasteiger partial charge in [0.1, 0.15) is 0 Å². The highest BCUT2D eigenvalue weighted by Crippen LogP contribution is 2.09. The van der Waals surface area contributed by atoms with Gasteiger partial charge in [0, 0.05) is 23.4 Å². The van der Waals surface area contributed by atoms with E-state index in [1.54, 1.807) is 4.68 Å². The lowest BCUT2D eigenvalue weighted by Crippen LogP contribution is -1.98. The molecule has 0 bridgehead atoms. The molecule has 0 unspecified atom stereocenters. The van der Waals surface area contributed by atoms with Crippen LogP contribution in [0.2, 0.25) is 0 Å². The summed E-state index contributed by atoms with van der Waals surface area (Å²) in [5.74, 6) is 0. The Morgan fingerprint density at radius 3 is 2.67 bits per heavy atom. The first kappa shape index (κ1) is 10.5. The van der Waals surface area contributed by atoms with E-state index in [2.05, 4.69) is 57.3 Å². The molecular weight excluding hydrogens is 301 g/mol. The topological polar surface area (TPSA) is 29.9 Å². The van der Waals surface area contributed by atoms with E-state index in [0.717, 1.165) is 12.2 Å². The number of nitrogens with zero attached hydrogens (tertiary/aromatic N) is 2.